The standard InChI is InChI=1S/C22H17N3O/c1-14-7-8-16(11-15(14)2)21-10-9-18(26-21)12-17(13-23)22-24-19-5-3-4-6-20(19)25-22/h3-12H,1-2H3,(H,24,25)/b17-12+. The van der Waals surface area contributed by atoms with Crippen LogP contribution in [0.25, 0.3) is 34.0 Å². The van der Waals surface area contributed by atoms with Crippen molar-refractivity contribution >= 4 is 22.7 Å². The predicted octanol–water partition coefficient (Wildman–Crippen LogP) is 5.50. The monoisotopic (exact) mass is 339 g/mol. The minimum Gasteiger partial charge on any atom is -0.457 e. The average Bonchev–Trinajstić information content (AvgIpc) is 3.28. The smallest absolute Gasteiger partial charge is 0.149 e. The maximum absolute atomic E-state index is 9.54. The molecule has 0 bridgehead atoms. The SMILES string of the molecule is Cc1ccc(-c2ccc(/C=C(\C#N)c3nc4ccccc4[nH]3)o2)cc1C. The molecule has 126 valence electrons. The summed E-state index contributed by atoms with van der Waals surface area (Å²) in [5.41, 5.74) is 5.66. The van der Waals surface area contributed by atoms with Crippen LogP contribution in [0.1, 0.15) is 22.7 Å². The Morgan fingerprint density at radius 3 is 2.69 bits per heavy atom. The summed E-state index contributed by atoms with van der Waals surface area (Å²) in [7, 11) is 0. The first-order valence-electron chi connectivity index (χ1n) is 8.38. The van der Waals surface area contributed by atoms with Gasteiger partial charge in [0.15, 0.2) is 0 Å². The normalized spacial score (nSPS) is 11.7. The molecule has 4 heteroatoms. The van der Waals surface area contributed by atoms with Crippen LogP contribution in [0, 0.1) is 25.2 Å². The van der Waals surface area contributed by atoms with E-state index in [1.807, 2.05) is 42.5 Å². The number of aromatic nitrogens is 2. The number of allylic oxidation sites excluding steroid dienone is 1. The Balaban J connectivity index is 1.69. The molecule has 2 heterocycles. The number of H-pyrrole nitrogens is 1. The molecule has 0 saturated heterocycles. The highest BCUT2D eigenvalue weighted by Crippen LogP contribution is 2.26. The number of nitrogens with zero attached hydrogens (tertiary/aromatic N) is 2. The average molecular weight is 339 g/mol. The Labute approximate surface area is 151 Å². The van der Waals surface area contributed by atoms with Gasteiger partial charge in [0.25, 0.3) is 0 Å². The van der Waals surface area contributed by atoms with Crippen LogP contribution in [-0.2, 0) is 0 Å². The number of aryl methyl sites for hydroxylation is 2. The fourth-order valence-electron chi connectivity index (χ4n) is 2.86. The van der Waals surface area contributed by atoms with Crippen molar-refractivity contribution in [3.05, 3.63) is 77.3 Å². The van der Waals surface area contributed by atoms with E-state index in [4.69, 9.17) is 4.42 Å². The fourth-order valence-corrected chi connectivity index (χ4v) is 2.86. The first-order chi connectivity index (χ1) is 12.6. The molecule has 0 radical (unpaired) electrons. The molecule has 0 saturated carbocycles. The van der Waals surface area contributed by atoms with Gasteiger partial charge in [-0.3, -0.25) is 0 Å². The van der Waals surface area contributed by atoms with E-state index in [-0.39, 0.29) is 0 Å². The second-order valence-electron chi connectivity index (χ2n) is 6.27. The van der Waals surface area contributed by atoms with Crippen molar-refractivity contribution in [1.82, 2.24) is 9.97 Å². The van der Waals surface area contributed by atoms with E-state index >= 15 is 0 Å². The third-order valence-corrected chi connectivity index (χ3v) is 4.47. The Hall–Kier alpha value is -3.58. The summed E-state index contributed by atoms with van der Waals surface area (Å²) in [4.78, 5) is 7.65. The van der Waals surface area contributed by atoms with Crippen molar-refractivity contribution in [3.8, 4) is 17.4 Å². The van der Waals surface area contributed by atoms with E-state index in [0.717, 1.165) is 22.4 Å². The molecule has 2 aromatic heterocycles. The van der Waals surface area contributed by atoms with Gasteiger partial charge in [-0.15, -0.1) is 0 Å². The van der Waals surface area contributed by atoms with Crippen LogP contribution in [0.2, 0.25) is 0 Å². The number of nitriles is 1. The number of aromatic amines is 1. The summed E-state index contributed by atoms with van der Waals surface area (Å²) in [5, 5.41) is 9.54. The Bertz CT molecular complexity index is 1140. The second-order valence-corrected chi connectivity index (χ2v) is 6.27. The molecule has 0 aliphatic heterocycles. The minimum atomic E-state index is 0.433. The Morgan fingerprint density at radius 2 is 1.92 bits per heavy atom. The summed E-state index contributed by atoms with van der Waals surface area (Å²) in [6, 6.07) is 19.9. The van der Waals surface area contributed by atoms with Crippen molar-refractivity contribution in [2.45, 2.75) is 13.8 Å². The molecule has 0 amide bonds. The van der Waals surface area contributed by atoms with Gasteiger partial charge in [-0.1, -0.05) is 24.3 Å². The number of rotatable bonds is 3. The van der Waals surface area contributed by atoms with Crippen molar-refractivity contribution in [2.75, 3.05) is 0 Å². The Morgan fingerprint density at radius 1 is 1.08 bits per heavy atom. The van der Waals surface area contributed by atoms with Crippen molar-refractivity contribution in [3.63, 3.8) is 0 Å². The molecule has 0 spiro atoms. The molecule has 4 aromatic rings. The number of fused-ring (bicyclic) bond motifs is 1. The minimum absolute atomic E-state index is 0.433. The number of imidazole rings is 1. The summed E-state index contributed by atoms with van der Waals surface area (Å²) in [5.74, 6) is 1.94. The molecular weight excluding hydrogens is 322 g/mol. The molecule has 0 atom stereocenters. The van der Waals surface area contributed by atoms with Crippen LogP contribution >= 0.6 is 0 Å². The third-order valence-electron chi connectivity index (χ3n) is 4.47. The van der Waals surface area contributed by atoms with Crippen LogP contribution in [0.5, 0.6) is 0 Å². The molecule has 0 aliphatic carbocycles. The van der Waals surface area contributed by atoms with Gasteiger partial charge in [-0.25, -0.2) is 4.98 Å². The van der Waals surface area contributed by atoms with Gasteiger partial charge < -0.3 is 9.40 Å². The van der Waals surface area contributed by atoms with Gasteiger partial charge in [0, 0.05) is 11.6 Å². The maximum atomic E-state index is 9.54. The number of furan rings is 1. The zero-order valence-electron chi connectivity index (χ0n) is 14.6. The molecule has 2 aromatic carbocycles. The molecule has 0 aliphatic rings. The summed E-state index contributed by atoms with van der Waals surface area (Å²) in [6.07, 6.45) is 1.71. The van der Waals surface area contributed by atoms with Gasteiger partial charge in [-0.2, -0.15) is 5.26 Å². The van der Waals surface area contributed by atoms with Crippen molar-refractivity contribution in [2.24, 2.45) is 0 Å². The number of hydrogen-bond acceptors (Lipinski definition) is 3. The van der Waals surface area contributed by atoms with Crippen LogP contribution in [0.15, 0.2) is 59.0 Å². The van der Waals surface area contributed by atoms with E-state index < -0.39 is 0 Å². The van der Waals surface area contributed by atoms with Gasteiger partial charge in [-0.05, 0) is 55.3 Å². The van der Waals surface area contributed by atoms with E-state index in [1.54, 1.807) is 6.08 Å². The number of nitrogens with one attached hydrogen (secondary N) is 1. The maximum Gasteiger partial charge on any atom is 0.149 e. The van der Waals surface area contributed by atoms with Crippen LogP contribution in [0.3, 0.4) is 0 Å². The Kier molecular flexibility index (Phi) is 3.91. The first kappa shape index (κ1) is 15.9. The van der Waals surface area contributed by atoms with Gasteiger partial charge in [0.1, 0.15) is 23.4 Å². The number of benzene rings is 2. The largest absolute Gasteiger partial charge is 0.457 e. The molecule has 26 heavy (non-hydrogen) atoms. The van der Waals surface area contributed by atoms with E-state index in [2.05, 4.69) is 42.0 Å². The topological polar surface area (TPSA) is 65.6 Å². The molecule has 4 nitrogen and oxygen atoms in total. The third kappa shape index (κ3) is 2.91. The van der Waals surface area contributed by atoms with Crippen molar-refractivity contribution < 1.29 is 4.42 Å². The highest BCUT2D eigenvalue weighted by atomic mass is 16.3. The summed E-state index contributed by atoms with van der Waals surface area (Å²) < 4.78 is 5.92. The lowest BCUT2D eigenvalue weighted by Crippen LogP contribution is -1.84. The lowest BCUT2D eigenvalue weighted by atomic mass is 10.1. The first-order valence-corrected chi connectivity index (χ1v) is 8.38. The molecule has 0 fully saturated rings. The lowest BCUT2D eigenvalue weighted by Gasteiger charge is -2.02. The second kappa shape index (κ2) is 6.38. The molecule has 4 rings (SSSR count). The summed E-state index contributed by atoms with van der Waals surface area (Å²) >= 11 is 0. The van der Waals surface area contributed by atoms with Crippen LogP contribution < -0.4 is 0 Å². The zero-order valence-corrected chi connectivity index (χ0v) is 14.6. The van der Waals surface area contributed by atoms with Crippen LogP contribution in [0.4, 0.5) is 0 Å². The lowest BCUT2D eigenvalue weighted by molar-refractivity contribution is 0.572. The van der Waals surface area contributed by atoms with Gasteiger partial charge in [0.05, 0.1) is 16.6 Å². The van der Waals surface area contributed by atoms with Gasteiger partial charge in [0.2, 0.25) is 0 Å². The van der Waals surface area contributed by atoms with Crippen molar-refractivity contribution in [1.29, 1.82) is 5.26 Å². The predicted molar refractivity (Wildman–Crippen MR) is 103 cm³/mol. The van der Waals surface area contributed by atoms with E-state index in [0.29, 0.717) is 17.2 Å². The quantitative estimate of drug-likeness (QED) is 0.501. The molecular formula is C22H17N3O. The fraction of sp³-hybridized carbons (Fsp3) is 0.0909. The highest BCUT2D eigenvalue weighted by Gasteiger charge is 2.10. The van der Waals surface area contributed by atoms with E-state index in [9.17, 15) is 5.26 Å². The zero-order chi connectivity index (χ0) is 18.1. The number of hydrogen-bond donors (Lipinski definition) is 1. The number of para-hydroxylation sites is 2. The van der Waals surface area contributed by atoms with Crippen LogP contribution in [-0.4, -0.2) is 9.97 Å². The van der Waals surface area contributed by atoms with Gasteiger partial charge >= 0.3 is 0 Å². The summed E-state index contributed by atoms with van der Waals surface area (Å²) in [6.45, 7) is 4.17. The molecule has 1 N–H and O–H groups in total. The highest BCUT2D eigenvalue weighted by molar-refractivity contribution is 5.89. The van der Waals surface area contributed by atoms with E-state index in [1.165, 1.54) is 11.1 Å². The molecule has 0 unspecified atom stereocenters.